The first-order valence-corrected chi connectivity index (χ1v) is 10.5. The summed E-state index contributed by atoms with van der Waals surface area (Å²) in [6.45, 7) is 0.475. The molecule has 1 atom stereocenters. The lowest BCUT2D eigenvalue weighted by Crippen LogP contribution is -2.49. The van der Waals surface area contributed by atoms with Crippen molar-refractivity contribution in [1.29, 1.82) is 0 Å². The quantitative estimate of drug-likeness (QED) is 0.842. The average molecular weight is 341 g/mol. The molecule has 0 saturated carbocycles. The Bertz CT molecular complexity index is 782. The summed E-state index contributed by atoms with van der Waals surface area (Å²) >= 11 is 3.20. The van der Waals surface area contributed by atoms with Crippen LogP contribution in [0.25, 0.3) is 10.1 Å². The molecule has 1 aromatic heterocycles. The van der Waals surface area contributed by atoms with E-state index in [0.717, 1.165) is 15.8 Å². The van der Waals surface area contributed by atoms with Gasteiger partial charge in [-0.2, -0.15) is 11.8 Å². The molecule has 0 N–H and O–H groups in total. The molecule has 0 unspecified atom stereocenters. The van der Waals surface area contributed by atoms with Crippen LogP contribution in [0, 0.1) is 0 Å². The van der Waals surface area contributed by atoms with Crippen LogP contribution >= 0.6 is 23.1 Å². The third kappa shape index (κ3) is 2.95. The number of sulfone groups is 1. The van der Waals surface area contributed by atoms with Crippen LogP contribution in [-0.2, 0) is 9.84 Å². The van der Waals surface area contributed by atoms with Crippen LogP contribution in [0.15, 0.2) is 29.6 Å². The lowest BCUT2D eigenvalue weighted by molar-refractivity contribution is 0.0750. The number of thiophene rings is 1. The lowest BCUT2D eigenvalue weighted by atomic mass is 10.1. The summed E-state index contributed by atoms with van der Waals surface area (Å²) in [6, 6.07) is 7.51. The number of amides is 1. The highest BCUT2D eigenvalue weighted by atomic mass is 32.2. The Hall–Kier alpha value is -1.05. The highest BCUT2D eigenvalue weighted by Crippen LogP contribution is 2.25. The van der Waals surface area contributed by atoms with Gasteiger partial charge < -0.3 is 4.90 Å². The Balaban J connectivity index is 1.95. The number of benzene rings is 1. The van der Waals surface area contributed by atoms with Gasteiger partial charge in [-0.25, -0.2) is 8.42 Å². The lowest BCUT2D eigenvalue weighted by Gasteiger charge is -2.34. The minimum absolute atomic E-state index is 0.196. The van der Waals surface area contributed by atoms with Crippen molar-refractivity contribution in [3.05, 3.63) is 35.2 Å². The van der Waals surface area contributed by atoms with E-state index < -0.39 is 15.2 Å². The third-order valence-electron chi connectivity index (χ3n) is 3.54. The molecule has 1 aliphatic rings. The number of hydrogen-bond donors (Lipinski definition) is 0. The maximum absolute atomic E-state index is 12.7. The fourth-order valence-electron chi connectivity index (χ4n) is 2.43. The van der Waals surface area contributed by atoms with E-state index >= 15 is 0 Å². The highest BCUT2D eigenvalue weighted by Gasteiger charge is 2.34. The summed E-state index contributed by atoms with van der Waals surface area (Å²) in [6.07, 6.45) is 1.20. The molecule has 2 aromatic rings. The third-order valence-corrected chi connectivity index (χ3v) is 7.08. The Labute approximate surface area is 132 Å². The van der Waals surface area contributed by atoms with Gasteiger partial charge in [-0.1, -0.05) is 0 Å². The van der Waals surface area contributed by atoms with E-state index in [1.165, 1.54) is 11.2 Å². The standard InChI is InChI=1S/C14H15NO3S3/c1-21(17,18)13-9-19-7-5-15(13)14(16)11-2-3-12-10(8-11)4-6-20-12/h2-4,6,8,13H,5,7,9H2,1H3/t13-/m0/s1. The van der Waals surface area contributed by atoms with Crippen molar-refractivity contribution in [3.63, 3.8) is 0 Å². The summed E-state index contributed by atoms with van der Waals surface area (Å²) < 4.78 is 24.9. The molecule has 112 valence electrons. The van der Waals surface area contributed by atoms with Gasteiger partial charge >= 0.3 is 0 Å². The van der Waals surface area contributed by atoms with Crippen molar-refractivity contribution < 1.29 is 13.2 Å². The van der Waals surface area contributed by atoms with E-state index in [9.17, 15) is 13.2 Å². The Morgan fingerprint density at radius 2 is 2.14 bits per heavy atom. The van der Waals surface area contributed by atoms with E-state index in [-0.39, 0.29) is 5.91 Å². The van der Waals surface area contributed by atoms with E-state index in [1.54, 1.807) is 29.2 Å². The van der Waals surface area contributed by atoms with E-state index in [4.69, 9.17) is 0 Å². The largest absolute Gasteiger partial charge is 0.320 e. The zero-order chi connectivity index (χ0) is 15.0. The normalized spacial score (nSPS) is 19.9. The van der Waals surface area contributed by atoms with Gasteiger partial charge in [-0.05, 0) is 35.0 Å². The molecule has 4 nitrogen and oxygen atoms in total. The molecule has 1 aromatic carbocycles. The molecule has 0 spiro atoms. The topological polar surface area (TPSA) is 54.5 Å². The molecule has 0 aliphatic carbocycles. The van der Waals surface area contributed by atoms with Crippen molar-refractivity contribution in [2.75, 3.05) is 24.3 Å². The summed E-state index contributed by atoms with van der Waals surface area (Å²) in [5.74, 6) is 1.03. The molecule has 2 heterocycles. The SMILES string of the molecule is CS(=O)(=O)[C@H]1CSCCN1C(=O)c1ccc2sccc2c1. The number of hydrogen-bond acceptors (Lipinski definition) is 5. The monoisotopic (exact) mass is 341 g/mol. The van der Waals surface area contributed by atoms with Crippen LogP contribution in [0.3, 0.4) is 0 Å². The number of fused-ring (bicyclic) bond motifs is 1. The van der Waals surface area contributed by atoms with Gasteiger partial charge in [0, 0.05) is 34.6 Å². The van der Waals surface area contributed by atoms with E-state index in [0.29, 0.717) is 17.9 Å². The second-order valence-corrected chi connectivity index (χ2v) is 9.33. The Morgan fingerprint density at radius 1 is 1.33 bits per heavy atom. The molecule has 0 radical (unpaired) electrons. The molecule has 21 heavy (non-hydrogen) atoms. The number of thioether (sulfide) groups is 1. The molecular weight excluding hydrogens is 326 g/mol. The van der Waals surface area contributed by atoms with Crippen molar-refractivity contribution in [2.45, 2.75) is 5.37 Å². The number of nitrogens with zero attached hydrogens (tertiary/aromatic N) is 1. The van der Waals surface area contributed by atoms with Crippen LogP contribution in [0.1, 0.15) is 10.4 Å². The molecule has 1 saturated heterocycles. The van der Waals surface area contributed by atoms with Gasteiger partial charge in [0.25, 0.3) is 5.91 Å². The van der Waals surface area contributed by atoms with Crippen LogP contribution in [0.4, 0.5) is 0 Å². The molecule has 3 rings (SSSR count). The second-order valence-electron chi connectivity index (χ2n) is 5.03. The minimum Gasteiger partial charge on any atom is -0.320 e. The summed E-state index contributed by atoms with van der Waals surface area (Å²) in [5.41, 5.74) is 0.557. The van der Waals surface area contributed by atoms with Crippen molar-refractivity contribution in [1.82, 2.24) is 4.90 Å². The maximum atomic E-state index is 12.7. The summed E-state index contributed by atoms with van der Waals surface area (Å²) in [7, 11) is -3.27. The van der Waals surface area contributed by atoms with Crippen LogP contribution in [-0.4, -0.2) is 48.9 Å². The number of carbonyl (C=O) groups excluding carboxylic acids is 1. The number of carbonyl (C=O) groups is 1. The van der Waals surface area contributed by atoms with Gasteiger partial charge in [-0.3, -0.25) is 4.79 Å². The second kappa shape index (κ2) is 5.62. The summed E-state index contributed by atoms with van der Waals surface area (Å²) in [4.78, 5) is 14.2. The minimum atomic E-state index is -3.27. The zero-order valence-electron chi connectivity index (χ0n) is 11.5. The van der Waals surface area contributed by atoms with Gasteiger partial charge in [0.05, 0.1) is 0 Å². The van der Waals surface area contributed by atoms with Crippen LogP contribution in [0.2, 0.25) is 0 Å². The molecule has 1 aliphatic heterocycles. The van der Waals surface area contributed by atoms with Crippen molar-refractivity contribution in [3.8, 4) is 0 Å². The molecule has 0 bridgehead atoms. The number of rotatable bonds is 2. The Morgan fingerprint density at radius 3 is 2.90 bits per heavy atom. The highest BCUT2D eigenvalue weighted by molar-refractivity contribution is 8.00. The van der Waals surface area contributed by atoms with Gasteiger partial charge in [0.15, 0.2) is 9.84 Å². The van der Waals surface area contributed by atoms with Gasteiger partial charge in [-0.15, -0.1) is 11.3 Å². The van der Waals surface area contributed by atoms with Crippen LogP contribution < -0.4 is 0 Å². The van der Waals surface area contributed by atoms with Gasteiger partial charge in [0.2, 0.25) is 0 Å². The van der Waals surface area contributed by atoms with Crippen LogP contribution in [0.5, 0.6) is 0 Å². The maximum Gasteiger partial charge on any atom is 0.254 e. The summed E-state index contributed by atoms with van der Waals surface area (Å²) in [5, 5.41) is 2.28. The van der Waals surface area contributed by atoms with Crippen molar-refractivity contribution in [2.24, 2.45) is 0 Å². The molecule has 1 fully saturated rings. The predicted molar refractivity (Wildman–Crippen MR) is 88.8 cm³/mol. The molecule has 7 heteroatoms. The molecular formula is C14H15NO3S3. The first-order valence-electron chi connectivity index (χ1n) is 6.51. The Kier molecular flexibility index (Phi) is 3.98. The predicted octanol–water partition coefficient (Wildman–Crippen LogP) is 2.46. The van der Waals surface area contributed by atoms with E-state index in [1.807, 2.05) is 23.6 Å². The fourth-order valence-corrected chi connectivity index (χ4v) is 6.02. The zero-order valence-corrected chi connectivity index (χ0v) is 13.9. The van der Waals surface area contributed by atoms with Gasteiger partial charge in [0.1, 0.15) is 5.37 Å². The van der Waals surface area contributed by atoms with Crippen molar-refractivity contribution >= 4 is 48.9 Å². The molecule has 1 amide bonds. The first kappa shape index (κ1) is 14.9. The fraction of sp³-hybridized carbons (Fsp3) is 0.357. The van der Waals surface area contributed by atoms with E-state index in [2.05, 4.69) is 0 Å². The first-order chi connectivity index (χ1) is 9.97. The smallest absolute Gasteiger partial charge is 0.254 e. The average Bonchev–Trinajstić information content (AvgIpc) is 2.93.